The molecule has 92 valence electrons. The minimum absolute atomic E-state index is 0.117. The number of nitrogens with one attached hydrogen (secondary N) is 1. The molecule has 0 saturated carbocycles. The molecule has 1 heterocycles. The Hall–Kier alpha value is -0.960. The lowest BCUT2D eigenvalue weighted by atomic mass is 10.2. The lowest BCUT2D eigenvalue weighted by Crippen LogP contribution is -2.24. The Morgan fingerprint density at radius 3 is 3.00 bits per heavy atom. The molecular formula is C11H14ClN3OS. The quantitative estimate of drug-likeness (QED) is 0.830. The number of pyridine rings is 1. The second-order valence-corrected chi connectivity index (χ2v) is 4.79. The molecule has 0 saturated heterocycles. The third-order valence-corrected chi connectivity index (χ3v) is 3.18. The molecule has 1 atom stereocenters. The number of rotatable bonds is 6. The van der Waals surface area contributed by atoms with Gasteiger partial charge in [0, 0.05) is 24.6 Å². The predicted octanol–water partition coefficient (Wildman–Crippen LogP) is 2.13. The zero-order valence-electron chi connectivity index (χ0n) is 9.48. The maximum atomic E-state index is 8.95. The third-order valence-electron chi connectivity index (χ3n) is 2.16. The highest BCUT2D eigenvalue weighted by Gasteiger charge is 2.10. The molecule has 4 nitrogen and oxygen atoms in total. The van der Waals surface area contributed by atoms with Crippen molar-refractivity contribution in [2.75, 3.05) is 23.9 Å². The van der Waals surface area contributed by atoms with E-state index in [0.29, 0.717) is 22.8 Å². The van der Waals surface area contributed by atoms with Crippen molar-refractivity contribution in [3.8, 4) is 6.07 Å². The largest absolute Gasteiger partial charge is 0.396 e. The molecular weight excluding hydrogens is 258 g/mol. The molecule has 0 aromatic carbocycles. The van der Waals surface area contributed by atoms with E-state index >= 15 is 0 Å². The molecule has 17 heavy (non-hydrogen) atoms. The smallest absolute Gasteiger partial charge is 0.145 e. The van der Waals surface area contributed by atoms with Crippen LogP contribution in [-0.4, -0.2) is 34.7 Å². The predicted molar refractivity (Wildman–Crippen MR) is 71.5 cm³/mol. The van der Waals surface area contributed by atoms with Gasteiger partial charge in [-0.2, -0.15) is 17.0 Å². The van der Waals surface area contributed by atoms with Gasteiger partial charge in [0.15, 0.2) is 0 Å². The van der Waals surface area contributed by atoms with Crippen LogP contribution in [0.4, 0.5) is 5.82 Å². The van der Waals surface area contributed by atoms with Gasteiger partial charge in [0.1, 0.15) is 11.9 Å². The van der Waals surface area contributed by atoms with Gasteiger partial charge in [-0.3, -0.25) is 0 Å². The van der Waals surface area contributed by atoms with Crippen LogP contribution in [0.3, 0.4) is 0 Å². The van der Waals surface area contributed by atoms with Crippen LogP contribution in [0.1, 0.15) is 12.0 Å². The van der Waals surface area contributed by atoms with E-state index in [9.17, 15) is 0 Å². The fourth-order valence-electron chi connectivity index (χ4n) is 1.35. The standard InChI is InChI=1S/C11H14ClN3OS/c1-17-7-9(2-3-16)15-11-10(12)4-8(5-13)6-14-11/h4,6,9,16H,2-3,7H2,1H3,(H,14,15)/t9-/m0/s1. The van der Waals surface area contributed by atoms with Crippen LogP contribution < -0.4 is 5.32 Å². The topological polar surface area (TPSA) is 68.9 Å². The van der Waals surface area contributed by atoms with E-state index in [2.05, 4.69) is 10.3 Å². The van der Waals surface area contributed by atoms with Crippen LogP contribution in [0.2, 0.25) is 5.02 Å². The highest BCUT2D eigenvalue weighted by Crippen LogP contribution is 2.21. The Balaban J connectivity index is 2.75. The van der Waals surface area contributed by atoms with Crippen molar-refractivity contribution >= 4 is 29.2 Å². The zero-order valence-corrected chi connectivity index (χ0v) is 11.1. The zero-order chi connectivity index (χ0) is 12.7. The molecule has 2 N–H and O–H groups in total. The van der Waals surface area contributed by atoms with Gasteiger partial charge in [-0.1, -0.05) is 11.6 Å². The number of nitrogens with zero attached hydrogens (tertiary/aromatic N) is 2. The maximum absolute atomic E-state index is 8.95. The van der Waals surface area contributed by atoms with Gasteiger partial charge < -0.3 is 10.4 Å². The Morgan fingerprint density at radius 2 is 2.47 bits per heavy atom. The SMILES string of the molecule is CSC[C@H](CCO)Nc1ncc(C#N)cc1Cl. The Labute approximate surface area is 110 Å². The van der Waals surface area contributed by atoms with E-state index in [4.69, 9.17) is 22.0 Å². The maximum Gasteiger partial charge on any atom is 0.145 e. The number of thioether (sulfide) groups is 1. The van der Waals surface area contributed by atoms with Gasteiger partial charge >= 0.3 is 0 Å². The number of hydrogen-bond acceptors (Lipinski definition) is 5. The van der Waals surface area contributed by atoms with Gasteiger partial charge in [-0.25, -0.2) is 4.98 Å². The van der Waals surface area contributed by atoms with E-state index in [1.807, 2.05) is 12.3 Å². The molecule has 0 aliphatic heterocycles. The summed E-state index contributed by atoms with van der Waals surface area (Å²) in [5, 5.41) is 21.2. The van der Waals surface area contributed by atoms with Crippen LogP contribution in [0, 0.1) is 11.3 Å². The molecule has 1 aromatic heterocycles. The second kappa shape index (κ2) is 7.38. The first-order valence-electron chi connectivity index (χ1n) is 5.13. The summed E-state index contributed by atoms with van der Waals surface area (Å²) < 4.78 is 0. The van der Waals surface area contributed by atoms with Crippen molar-refractivity contribution < 1.29 is 5.11 Å². The monoisotopic (exact) mass is 271 g/mol. The van der Waals surface area contributed by atoms with Crippen LogP contribution in [0.15, 0.2) is 12.3 Å². The minimum atomic E-state index is 0.117. The van der Waals surface area contributed by atoms with Crippen LogP contribution in [-0.2, 0) is 0 Å². The van der Waals surface area contributed by atoms with Crippen molar-refractivity contribution in [2.45, 2.75) is 12.5 Å². The van der Waals surface area contributed by atoms with E-state index < -0.39 is 0 Å². The number of aliphatic hydroxyl groups excluding tert-OH is 1. The lowest BCUT2D eigenvalue weighted by molar-refractivity contribution is 0.282. The first kappa shape index (κ1) is 14.1. The summed E-state index contributed by atoms with van der Waals surface area (Å²) in [5.74, 6) is 1.41. The average molecular weight is 272 g/mol. The lowest BCUT2D eigenvalue weighted by Gasteiger charge is -2.17. The summed E-state index contributed by atoms with van der Waals surface area (Å²) in [7, 11) is 0. The first-order valence-corrected chi connectivity index (χ1v) is 6.90. The molecule has 0 spiro atoms. The number of aromatic nitrogens is 1. The van der Waals surface area contributed by atoms with Crippen molar-refractivity contribution in [1.82, 2.24) is 4.98 Å². The second-order valence-electron chi connectivity index (χ2n) is 3.48. The number of aliphatic hydroxyl groups is 1. The minimum Gasteiger partial charge on any atom is -0.396 e. The van der Waals surface area contributed by atoms with Crippen molar-refractivity contribution in [2.24, 2.45) is 0 Å². The third kappa shape index (κ3) is 4.43. The number of anilines is 1. The van der Waals surface area contributed by atoms with Gasteiger partial charge in [0.05, 0.1) is 10.6 Å². The fourth-order valence-corrected chi connectivity index (χ4v) is 2.23. The first-order chi connectivity index (χ1) is 8.21. The molecule has 0 amide bonds. The molecule has 6 heteroatoms. The van der Waals surface area contributed by atoms with Crippen molar-refractivity contribution in [1.29, 1.82) is 5.26 Å². The molecule has 0 aliphatic carbocycles. The molecule has 0 aliphatic rings. The normalized spacial score (nSPS) is 11.9. The Kier molecular flexibility index (Phi) is 6.12. The fraction of sp³-hybridized carbons (Fsp3) is 0.455. The Bertz CT molecular complexity index is 402. The molecule has 1 aromatic rings. The van der Waals surface area contributed by atoms with Gasteiger partial charge in [-0.05, 0) is 18.7 Å². The van der Waals surface area contributed by atoms with E-state index in [-0.39, 0.29) is 12.6 Å². The van der Waals surface area contributed by atoms with Crippen LogP contribution >= 0.6 is 23.4 Å². The molecule has 0 fully saturated rings. The molecule has 0 radical (unpaired) electrons. The van der Waals surface area contributed by atoms with E-state index in [1.165, 1.54) is 6.20 Å². The summed E-state index contributed by atoms with van der Waals surface area (Å²) in [6, 6.07) is 3.67. The summed E-state index contributed by atoms with van der Waals surface area (Å²) in [6.45, 7) is 0.117. The summed E-state index contributed by atoms with van der Waals surface area (Å²) in [4.78, 5) is 4.10. The van der Waals surface area contributed by atoms with Crippen molar-refractivity contribution in [3.63, 3.8) is 0 Å². The highest BCUT2D eigenvalue weighted by molar-refractivity contribution is 7.98. The van der Waals surface area contributed by atoms with Crippen molar-refractivity contribution in [3.05, 3.63) is 22.8 Å². The number of halogens is 1. The summed E-state index contributed by atoms with van der Waals surface area (Å²) >= 11 is 7.69. The molecule has 0 bridgehead atoms. The number of hydrogen-bond donors (Lipinski definition) is 2. The van der Waals surface area contributed by atoms with Gasteiger partial charge in [-0.15, -0.1) is 0 Å². The van der Waals surface area contributed by atoms with E-state index in [0.717, 1.165) is 5.75 Å². The number of nitriles is 1. The van der Waals surface area contributed by atoms with E-state index in [1.54, 1.807) is 17.8 Å². The average Bonchev–Trinajstić information content (AvgIpc) is 2.32. The summed E-state index contributed by atoms with van der Waals surface area (Å²) in [5.41, 5.74) is 0.434. The molecule has 0 unspecified atom stereocenters. The Morgan fingerprint density at radius 1 is 1.71 bits per heavy atom. The summed E-state index contributed by atoms with van der Waals surface area (Å²) in [6.07, 6.45) is 4.11. The van der Waals surface area contributed by atoms with Gasteiger partial charge in [0.25, 0.3) is 0 Å². The highest BCUT2D eigenvalue weighted by atomic mass is 35.5. The molecule has 1 rings (SSSR count). The van der Waals surface area contributed by atoms with Crippen LogP contribution in [0.5, 0.6) is 0 Å². The van der Waals surface area contributed by atoms with Gasteiger partial charge in [0.2, 0.25) is 0 Å². The van der Waals surface area contributed by atoms with Crippen LogP contribution in [0.25, 0.3) is 0 Å².